The van der Waals surface area contributed by atoms with Crippen LogP contribution in [0.1, 0.15) is 31.2 Å². The molecular formula is C15H24N2O. The van der Waals surface area contributed by atoms with Crippen molar-refractivity contribution in [2.24, 2.45) is 5.73 Å². The molecule has 0 aliphatic carbocycles. The maximum absolute atomic E-state index is 6.07. The predicted molar refractivity (Wildman–Crippen MR) is 75.1 cm³/mol. The first-order chi connectivity index (χ1) is 8.69. The second-order valence-corrected chi connectivity index (χ2v) is 5.33. The van der Waals surface area contributed by atoms with E-state index in [0.717, 1.165) is 31.7 Å². The third kappa shape index (κ3) is 3.47. The van der Waals surface area contributed by atoms with Crippen molar-refractivity contribution in [2.75, 3.05) is 26.7 Å². The number of hydrogen-bond acceptors (Lipinski definition) is 3. The Balaban J connectivity index is 1.96. The molecule has 1 aromatic carbocycles. The second kappa shape index (κ2) is 6.21. The molecule has 1 fully saturated rings. The van der Waals surface area contributed by atoms with Crippen LogP contribution in [0.15, 0.2) is 24.3 Å². The maximum atomic E-state index is 6.07. The van der Waals surface area contributed by atoms with E-state index in [0.29, 0.717) is 18.6 Å². The molecule has 3 heteroatoms. The van der Waals surface area contributed by atoms with Gasteiger partial charge in [-0.2, -0.15) is 0 Å². The summed E-state index contributed by atoms with van der Waals surface area (Å²) in [5.74, 6) is 1.38. The Morgan fingerprint density at radius 2 is 2.11 bits per heavy atom. The van der Waals surface area contributed by atoms with E-state index in [-0.39, 0.29) is 0 Å². The van der Waals surface area contributed by atoms with Crippen LogP contribution >= 0.6 is 0 Å². The molecule has 0 bridgehead atoms. The van der Waals surface area contributed by atoms with E-state index in [1.54, 1.807) is 0 Å². The molecule has 1 aliphatic rings. The first kappa shape index (κ1) is 13.4. The Morgan fingerprint density at radius 1 is 1.39 bits per heavy atom. The monoisotopic (exact) mass is 248 g/mol. The van der Waals surface area contributed by atoms with Crippen LogP contribution in [0.3, 0.4) is 0 Å². The molecule has 1 heterocycles. The third-order valence-corrected chi connectivity index (χ3v) is 3.75. The molecule has 0 aromatic heterocycles. The summed E-state index contributed by atoms with van der Waals surface area (Å²) in [6.45, 7) is 5.08. The van der Waals surface area contributed by atoms with E-state index < -0.39 is 0 Å². The van der Waals surface area contributed by atoms with Gasteiger partial charge in [-0.3, -0.25) is 0 Å². The van der Waals surface area contributed by atoms with E-state index in [1.807, 2.05) is 6.07 Å². The zero-order chi connectivity index (χ0) is 13.0. The van der Waals surface area contributed by atoms with Crippen molar-refractivity contribution in [1.82, 2.24) is 4.90 Å². The van der Waals surface area contributed by atoms with Crippen molar-refractivity contribution in [3.63, 3.8) is 0 Å². The summed E-state index contributed by atoms with van der Waals surface area (Å²) in [5, 5.41) is 0. The molecule has 2 rings (SSSR count). The van der Waals surface area contributed by atoms with Crippen LogP contribution in [-0.2, 0) is 0 Å². The highest BCUT2D eigenvalue weighted by atomic mass is 16.5. The van der Waals surface area contributed by atoms with Crippen molar-refractivity contribution >= 4 is 0 Å². The Labute approximate surface area is 110 Å². The fraction of sp³-hybridized carbons (Fsp3) is 0.600. The van der Waals surface area contributed by atoms with Gasteiger partial charge in [-0.15, -0.1) is 0 Å². The van der Waals surface area contributed by atoms with Crippen molar-refractivity contribution in [1.29, 1.82) is 0 Å². The van der Waals surface area contributed by atoms with Crippen molar-refractivity contribution in [3.05, 3.63) is 29.8 Å². The van der Waals surface area contributed by atoms with Gasteiger partial charge >= 0.3 is 0 Å². The van der Waals surface area contributed by atoms with E-state index >= 15 is 0 Å². The van der Waals surface area contributed by atoms with Gasteiger partial charge in [-0.25, -0.2) is 0 Å². The smallest absolute Gasteiger partial charge is 0.120 e. The highest BCUT2D eigenvalue weighted by Gasteiger charge is 2.18. The fourth-order valence-corrected chi connectivity index (χ4v) is 2.33. The number of piperidine rings is 1. The zero-order valence-electron chi connectivity index (χ0n) is 11.4. The average Bonchev–Trinajstić information content (AvgIpc) is 2.41. The van der Waals surface area contributed by atoms with Crippen LogP contribution < -0.4 is 10.5 Å². The van der Waals surface area contributed by atoms with Gasteiger partial charge in [0, 0.05) is 13.1 Å². The Bertz CT molecular complexity index is 373. The standard InChI is InChI=1S/C15H24N2O/c1-12(11-16)13-4-3-5-15(10-13)18-14-6-8-17(2)9-7-14/h3-5,10,12,14H,6-9,11,16H2,1-2H3. The number of rotatable bonds is 4. The number of benzene rings is 1. The predicted octanol–water partition coefficient (Wildman–Crippen LogP) is 2.22. The van der Waals surface area contributed by atoms with E-state index in [9.17, 15) is 0 Å². The number of ether oxygens (including phenoxy) is 1. The fourth-order valence-electron chi connectivity index (χ4n) is 2.33. The molecule has 1 atom stereocenters. The highest BCUT2D eigenvalue weighted by molar-refractivity contribution is 5.31. The van der Waals surface area contributed by atoms with Gasteiger partial charge in [0.1, 0.15) is 11.9 Å². The van der Waals surface area contributed by atoms with Crippen molar-refractivity contribution in [2.45, 2.75) is 31.8 Å². The van der Waals surface area contributed by atoms with E-state index in [1.165, 1.54) is 5.56 Å². The Hall–Kier alpha value is -1.06. The third-order valence-electron chi connectivity index (χ3n) is 3.75. The zero-order valence-corrected chi connectivity index (χ0v) is 11.4. The second-order valence-electron chi connectivity index (χ2n) is 5.33. The minimum Gasteiger partial charge on any atom is -0.490 e. The number of nitrogens with two attached hydrogens (primary N) is 1. The van der Waals surface area contributed by atoms with Crippen molar-refractivity contribution < 1.29 is 4.74 Å². The molecule has 0 saturated carbocycles. The molecule has 2 N–H and O–H groups in total. The van der Waals surface area contributed by atoms with Gasteiger partial charge in [0.2, 0.25) is 0 Å². The molecule has 100 valence electrons. The number of nitrogens with zero attached hydrogens (tertiary/aromatic N) is 1. The molecule has 3 nitrogen and oxygen atoms in total. The van der Waals surface area contributed by atoms with E-state index in [4.69, 9.17) is 10.5 Å². The summed E-state index contributed by atoms with van der Waals surface area (Å²) >= 11 is 0. The summed E-state index contributed by atoms with van der Waals surface area (Å²) in [6.07, 6.45) is 2.60. The van der Waals surface area contributed by atoms with E-state index in [2.05, 4.69) is 37.1 Å². The number of hydrogen-bond donors (Lipinski definition) is 1. The summed E-state index contributed by atoms with van der Waals surface area (Å²) in [5.41, 5.74) is 6.97. The largest absolute Gasteiger partial charge is 0.490 e. The minimum absolute atomic E-state index is 0.365. The van der Waals surface area contributed by atoms with Gasteiger partial charge in [-0.1, -0.05) is 19.1 Å². The molecule has 1 unspecified atom stereocenters. The molecular weight excluding hydrogens is 224 g/mol. The first-order valence-corrected chi connectivity index (χ1v) is 6.84. The van der Waals surface area contributed by atoms with Crippen LogP contribution in [0.2, 0.25) is 0 Å². The van der Waals surface area contributed by atoms with Crippen LogP contribution in [-0.4, -0.2) is 37.7 Å². The Morgan fingerprint density at radius 3 is 2.78 bits per heavy atom. The lowest BCUT2D eigenvalue weighted by molar-refractivity contribution is 0.114. The average molecular weight is 248 g/mol. The van der Waals surface area contributed by atoms with Crippen LogP contribution in [0.25, 0.3) is 0 Å². The summed E-state index contributed by atoms with van der Waals surface area (Å²) in [4.78, 5) is 2.35. The van der Waals surface area contributed by atoms with Crippen molar-refractivity contribution in [3.8, 4) is 5.75 Å². The topological polar surface area (TPSA) is 38.5 Å². The summed E-state index contributed by atoms with van der Waals surface area (Å²) in [7, 11) is 2.17. The maximum Gasteiger partial charge on any atom is 0.120 e. The van der Waals surface area contributed by atoms with Gasteiger partial charge < -0.3 is 15.4 Å². The highest BCUT2D eigenvalue weighted by Crippen LogP contribution is 2.23. The molecule has 0 spiro atoms. The quantitative estimate of drug-likeness (QED) is 0.888. The SMILES string of the molecule is CC(CN)c1cccc(OC2CCN(C)CC2)c1. The van der Waals surface area contributed by atoms with Gasteiger partial charge in [0.05, 0.1) is 0 Å². The van der Waals surface area contributed by atoms with Crippen LogP contribution in [0.4, 0.5) is 0 Å². The normalized spacial score (nSPS) is 19.7. The molecule has 1 saturated heterocycles. The molecule has 0 amide bonds. The number of likely N-dealkylation sites (tertiary alicyclic amines) is 1. The lowest BCUT2D eigenvalue weighted by Gasteiger charge is -2.29. The molecule has 1 aliphatic heterocycles. The summed E-state index contributed by atoms with van der Waals surface area (Å²) < 4.78 is 6.07. The van der Waals surface area contributed by atoms with Crippen LogP contribution in [0, 0.1) is 0 Å². The van der Waals surface area contributed by atoms with Crippen LogP contribution in [0.5, 0.6) is 5.75 Å². The minimum atomic E-state index is 0.365. The molecule has 1 aromatic rings. The molecule has 18 heavy (non-hydrogen) atoms. The lowest BCUT2D eigenvalue weighted by atomic mass is 10.0. The first-order valence-electron chi connectivity index (χ1n) is 6.84. The van der Waals surface area contributed by atoms with Gasteiger partial charge in [0.25, 0.3) is 0 Å². The van der Waals surface area contributed by atoms with Gasteiger partial charge in [0.15, 0.2) is 0 Å². The lowest BCUT2D eigenvalue weighted by Crippen LogP contribution is -2.35. The summed E-state index contributed by atoms with van der Waals surface area (Å²) in [6, 6.07) is 8.37. The Kier molecular flexibility index (Phi) is 4.61. The molecule has 0 radical (unpaired) electrons. The van der Waals surface area contributed by atoms with Gasteiger partial charge in [-0.05, 0) is 50.0 Å².